The van der Waals surface area contributed by atoms with Crippen molar-refractivity contribution < 1.29 is 46.8 Å². The Kier molecular flexibility index (Phi) is 17.8. The number of piperidine rings is 1. The molecule has 77 heavy (non-hydrogen) atoms. The number of pyridine rings is 1. The lowest BCUT2D eigenvalue weighted by molar-refractivity contribution is -0.0357. The zero-order chi connectivity index (χ0) is 55.7. The Labute approximate surface area is 457 Å². The third-order valence-corrected chi connectivity index (χ3v) is 24.2. The molecule has 2 unspecified atom stereocenters. The number of ether oxygens (including phenoxy) is 6. The standard InChI is InChI=1S/C58H83F2N7O8Si2/c1-36(2)77(37(3)4,38(5)6)25-21-46-49(59)18-15-39-27-44(73-35-70-11)29-47(50(39)46)52-51(60)53-48(30-61-52)54(66-31-40-16-17-41(32-66)67(40)57(69)75-58(7,8)9)63-55(62-53)72-34-42-28-45(33-64(42)10)74-43-19-22-65(23-20-43)56(68)71-24-26-76(12,13)14/h15,18,27,29-30,36-38,40-43,45H,16-17,19-20,22-24,26,28,31-35H2,1-14H3/t40?,41?,42-,45+/m0/s1. The number of fused-ring (bicyclic) bond motifs is 4. The van der Waals surface area contributed by atoms with E-state index >= 15 is 8.78 Å². The molecule has 4 aliphatic heterocycles. The summed E-state index contributed by atoms with van der Waals surface area (Å²) in [6, 6.07) is 7.03. The number of carbonyl (C=O) groups excluding carboxylic acids is 2. The predicted octanol–water partition coefficient (Wildman–Crippen LogP) is 11.7. The molecule has 2 amide bonds. The van der Waals surface area contributed by atoms with E-state index in [4.69, 9.17) is 43.4 Å². The molecule has 4 aliphatic rings. The summed E-state index contributed by atoms with van der Waals surface area (Å²) in [4.78, 5) is 49.0. The Balaban J connectivity index is 1.13. The highest BCUT2D eigenvalue weighted by molar-refractivity contribution is 6.90. The molecule has 4 aromatic rings. The number of carbonyl (C=O) groups is 2. The minimum absolute atomic E-state index is 0.00988. The van der Waals surface area contributed by atoms with Crippen LogP contribution < -0.4 is 14.4 Å². The van der Waals surface area contributed by atoms with Crippen molar-refractivity contribution in [3.05, 3.63) is 47.7 Å². The van der Waals surface area contributed by atoms with Gasteiger partial charge in [-0.3, -0.25) is 14.8 Å². The van der Waals surface area contributed by atoms with Crippen LogP contribution in [-0.2, 0) is 18.9 Å². The lowest BCUT2D eigenvalue weighted by atomic mass is 9.95. The van der Waals surface area contributed by atoms with E-state index in [1.54, 1.807) is 29.3 Å². The number of amides is 2. The van der Waals surface area contributed by atoms with Crippen molar-refractivity contribution in [1.29, 1.82) is 0 Å². The summed E-state index contributed by atoms with van der Waals surface area (Å²) < 4.78 is 70.5. The molecular weight excluding hydrogens is 1020 g/mol. The SMILES string of the molecule is COCOc1cc(-c2ncc3c(N4CC5CCC(C4)N5C(=O)OC(C)(C)C)nc(OC[C@@H]4C[C@@H](OC5CCN(C(=O)OCC[Si](C)(C)C)CC5)CN4C)nc3c2F)c2c(C#C[Si](C(C)C)(C(C)C)C(C)C)c(F)ccc2c1. The maximum atomic E-state index is 18.1. The van der Waals surface area contributed by atoms with E-state index in [-0.39, 0.29) is 84.3 Å². The monoisotopic (exact) mass is 1100 g/mol. The molecule has 8 rings (SSSR count). The minimum atomic E-state index is -2.35. The molecule has 0 N–H and O–H groups in total. The van der Waals surface area contributed by atoms with Crippen molar-refractivity contribution in [3.63, 3.8) is 0 Å². The van der Waals surface area contributed by atoms with Crippen LogP contribution in [0.25, 0.3) is 32.9 Å². The van der Waals surface area contributed by atoms with Gasteiger partial charge in [0.1, 0.15) is 48.9 Å². The summed E-state index contributed by atoms with van der Waals surface area (Å²) in [7, 11) is -0.105. The highest BCUT2D eigenvalue weighted by atomic mass is 28.3. The predicted molar refractivity (Wildman–Crippen MR) is 303 cm³/mol. The number of benzene rings is 2. The number of methoxy groups -OCH3 is 1. The first-order chi connectivity index (χ1) is 36.4. The molecule has 0 aliphatic carbocycles. The van der Waals surface area contributed by atoms with Crippen LogP contribution in [0.4, 0.5) is 24.2 Å². The molecule has 0 radical (unpaired) electrons. The molecular formula is C58H83F2N7O8Si2. The number of halogens is 2. The largest absolute Gasteiger partial charge is 0.468 e. The molecule has 4 atom stereocenters. The summed E-state index contributed by atoms with van der Waals surface area (Å²) in [6.07, 6.45) is 4.65. The maximum absolute atomic E-state index is 18.1. The number of hydrogen-bond acceptors (Lipinski definition) is 13. The molecule has 0 spiro atoms. The van der Waals surface area contributed by atoms with Crippen LogP contribution in [0.5, 0.6) is 11.8 Å². The zero-order valence-corrected chi connectivity index (χ0v) is 50.1. The molecule has 2 aromatic carbocycles. The molecule has 2 bridgehead atoms. The summed E-state index contributed by atoms with van der Waals surface area (Å²) in [5, 5.41) is 1.37. The number of anilines is 1. The zero-order valence-electron chi connectivity index (χ0n) is 48.1. The van der Waals surface area contributed by atoms with Gasteiger partial charge in [0.15, 0.2) is 12.6 Å². The number of rotatable bonds is 16. The van der Waals surface area contributed by atoms with Gasteiger partial charge in [-0.1, -0.05) is 73.2 Å². The first kappa shape index (κ1) is 58.0. The van der Waals surface area contributed by atoms with Crippen LogP contribution >= 0.6 is 0 Å². The van der Waals surface area contributed by atoms with E-state index in [2.05, 4.69) is 82.4 Å². The van der Waals surface area contributed by atoms with E-state index in [9.17, 15) is 9.59 Å². The van der Waals surface area contributed by atoms with E-state index in [1.807, 2.05) is 32.7 Å². The van der Waals surface area contributed by atoms with Gasteiger partial charge in [-0.15, -0.1) is 5.54 Å². The average molecular weight is 1100 g/mol. The van der Waals surface area contributed by atoms with Gasteiger partial charge in [0.05, 0.1) is 41.8 Å². The molecule has 6 heterocycles. The number of likely N-dealkylation sites (N-methyl/N-ethyl adjacent to an activating group) is 1. The number of hydrogen-bond donors (Lipinski definition) is 0. The highest BCUT2D eigenvalue weighted by Gasteiger charge is 2.46. The Morgan fingerprint density at radius 1 is 0.870 bits per heavy atom. The van der Waals surface area contributed by atoms with Gasteiger partial charge >= 0.3 is 18.2 Å². The van der Waals surface area contributed by atoms with Crippen LogP contribution in [0.1, 0.15) is 100.0 Å². The lowest BCUT2D eigenvalue weighted by Gasteiger charge is -2.42. The van der Waals surface area contributed by atoms with E-state index in [1.165, 1.54) is 13.2 Å². The van der Waals surface area contributed by atoms with Crippen molar-refractivity contribution in [2.24, 2.45) is 0 Å². The average Bonchev–Trinajstić information content (AvgIpc) is 3.93. The highest BCUT2D eigenvalue weighted by Crippen LogP contribution is 2.43. The summed E-state index contributed by atoms with van der Waals surface area (Å²) in [5.41, 5.74) is 4.29. The number of piperazine rings is 1. The molecule has 19 heteroatoms. The fourth-order valence-corrected chi connectivity index (χ4v) is 18.1. The number of aromatic nitrogens is 3. The van der Waals surface area contributed by atoms with E-state index in [0.717, 1.165) is 31.7 Å². The molecule has 4 saturated heterocycles. The Morgan fingerprint density at radius 3 is 2.17 bits per heavy atom. The fourth-order valence-electron chi connectivity index (χ4n) is 12.2. The van der Waals surface area contributed by atoms with Gasteiger partial charge < -0.3 is 38.2 Å². The van der Waals surface area contributed by atoms with Gasteiger partial charge in [-0.25, -0.2) is 18.4 Å². The van der Waals surface area contributed by atoms with Gasteiger partial charge in [-0.2, -0.15) is 9.97 Å². The third kappa shape index (κ3) is 13.0. The minimum Gasteiger partial charge on any atom is -0.468 e. The third-order valence-electron chi connectivity index (χ3n) is 16.2. The summed E-state index contributed by atoms with van der Waals surface area (Å²) in [5.74, 6) is 2.92. The van der Waals surface area contributed by atoms with Crippen molar-refractivity contribution in [1.82, 2.24) is 29.7 Å². The van der Waals surface area contributed by atoms with Crippen LogP contribution in [0.2, 0.25) is 42.3 Å². The summed E-state index contributed by atoms with van der Waals surface area (Å²) >= 11 is 0. The van der Waals surface area contributed by atoms with Gasteiger partial charge in [-0.05, 0) is 106 Å². The molecule has 2 aromatic heterocycles. The van der Waals surface area contributed by atoms with Crippen molar-refractivity contribution in [2.45, 2.75) is 173 Å². The van der Waals surface area contributed by atoms with Gasteiger partial charge in [0.2, 0.25) is 0 Å². The maximum Gasteiger partial charge on any atom is 0.410 e. The second-order valence-electron chi connectivity index (χ2n) is 24.9. The van der Waals surface area contributed by atoms with E-state index in [0.29, 0.717) is 90.1 Å². The molecule has 420 valence electrons. The summed E-state index contributed by atoms with van der Waals surface area (Å²) in [6.45, 7) is 29.0. The molecule has 4 fully saturated rings. The molecule has 15 nitrogen and oxygen atoms in total. The first-order valence-corrected chi connectivity index (χ1v) is 33.8. The number of nitrogens with zero attached hydrogens (tertiary/aromatic N) is 7. The number of likely N-dealkylation sites (tertiary alicyclic amines) is 2. The normalized spacial score (nSPS) is 20.7. The van der Waals surface area contributed by atoms with Gasteiger partial charge in [0.25, 0.3) is 0 Å². The smallest absolute Gasteiger partial charge is 0.410 e. The van der Waals surface area contributed by atoms with Crippen molar-refractivity contribution in [2.75, 3.05) is 71.8 Å². The van der Waals surface area contributed by atoms with Crippen LogP contribution in [0.3, 0.4) is 0 Å². The Hall–Kier alpha value is -5.14. The quantitative estimate of drug-likeness (QED) is 0.0597. The van der Waals surface area contributed by atoms with Crippen LogP contribution in [-0.4, -0.2) is 161 Å². The second-order valence-corrected chi connectivity index (χ2v) is 36.1. The Morgan fingerprint density at radius 2 is 1.55 bits per heavy atom. The first-order valence-electron chi connectivity index (χ1n) is 27.8. The van der Waals surface area contributed by atoms with Crippen LogP contribution in [0.15, 0.2) is 30.5 Å². The van der Waals surface area contributed by atoms with Crippen molar-refractivity contribution in [3.8, 4) is 34.5 Å². The van der Waals surface area contributed by atoms with Crippen LogP contribution in [0, 0.1) is 23.1 Å². The lowest BCUT2D eigenvalue weighted by Crippen LogP contribution is -2.57. The second kappa shape index (κ2) is 23.7. The van der Waals surface area contributed by atoms with Crippen molar-refractivity contribution >= 4 is 55.8 Å². The fraction of sp³-hybridized carbons (Fsp3) is 0.638. The Bertz CT molecular complexity index is 2810. The van der Waals surface area contributed by atoms with E-state index < -0.39 is 33.4 Å². The molecule has 0 saturated carbocycles. The topological polar surface area (TPSA) is 141 Å². The van der Waals surface area contributed by atoms with Gasteiger partial charge in [0, 0.05) is 71.1 Å².